The second kappa shape index (κ2) is 8.20. The predicted molar refractivity (Wildman–Crippen MR) is 120 cm³/mol. The fourth-order valence-corrected chi connectivity index (χ4v) is 4.75. The molecule has 0 fully saturated rings. The Bertz CT molecular complexity index is 1140. The summed E-state index contributed by atoms with van der Waals surface area (Å²) in [5, 5.41) is 1.76. The summed E-state index contributed by atoms with van der Waals surface area (Å²) in [6.07, 6.45) is 0.842. The summed E-state index contributed by atoms with van der Waals surface area (Å²) in [6, 6.07) is 9.39. The number of benzene rings is 2. The zero-order valence-electron chi connectivity index (χ0n) is 17.5. The van der Waals surface area contributed by atoms with Crippen LogP contribution in [0.25, 0.3) is 22.4 Å². The zero-order chi connectivity index (χ0) is 21.4. The van der Waals surface area contributed by atoms with E-state index in [1.165, 1.54) is 18.7 Å². The first-order valence-corrected chi connectivity index (χ1v) is 10.7. The number of aromatic amines is 1. The SMILES string of the molecule is CCN1c2c(-c3nc4cc(OC)c(F)cc4[nH]3)cccc2C(N(C)C)CC1C=S=O. The van der Waals surface area contributed by atoms with Crippen LogP contribution in [0.5, 0.6) is 5.75 Å². The number of nitrogens with zero attached hydrogens (tertiary/aromatic N) is 3. The molecule has 3 aromatic rings. The number of aromatic nitrogens is 2. The third kappa shape index (κ3) is 3.40. The number of hydrogen-bond acceptors (Lipinski definition) is 5. The van der Waals surface area contributed by atoms with Crippen molar-refractivity contribution < 1.29 is 13.3 Å². The number of halogens is 1. The fraction of sp³-hybridized carbons (Fsp3) is 0.364. The Balaban J connectivity index is 1.93. The first kappa shape index (κ1) is 20.6. The van der Waals surface area contributed by atoms with Gasteiger partial charge < -0.3 is 19.5 Å². The molecule has 0 bridgehead atoms. The lowest BCUT2D eigenvalue weighted by Crippen LogP contribution is -2.44. The van der Waals surface area contributed by atoms with Gasteiger partial charge in [-0.2, -0.15) is 0 Å². The lowest BCUT2D eigenvalue weighted by molar-refractivity contribution is 0.270. The van der Waals surface area contributed by atoms with Gasteiger partial charge in [0.25, 0.3) is 0 Å². The third-order valence-corrected chi connectivity index (χ3v) is 6.19. The minimum absolute atomic E-state index is 0.0143. The van der Waals surface area contributed by atoms with E-state index in [4.69, 9.17) is 9.72 Å². The van der Waals surface area contributed by atoms with Crippen molar-refractivity contribution in [1.29, 1.82) is 0 Å². The van der Waals surface area contributed by atoms with Crippen LogP contribution in [0.1, 0.15) is 24.9 Å². The molecule has 1 aromatic heterocycles. The summed E-state index contributed by atoms with van der Waals surface area (Å²) >= 11 is 0.513. The van der Waals surface area contributed by atoms with Crippen molar-refractivity contribution in [1.82, 2.24) is 14.9 Å². The smallest absolute Gasteiger partial charge is 0.167 e. The molecule has 4 rings (SSSR count). The van der Waals surface area contributed by atoms with Crippen molar-refractivity contribution in [2.45, 2.75) is 25.4 Å². The maximum Gasteiger partial charge on any atom is 0.167 e. The highest BCUT2D eigenvalue weighted by Crippen LogP contribution is 2.44. The molecule has 6 nitrogen and oxygen atoms in total. The zero-order valence-corrected chi connectivity index (χ0v) is 18.3. The number of para-hydroxylation sites is 1. The number of nitrogens with one attached hydrogen (secondary N) is 1. The van der Waals surface area contributed by atoms with E-state index in [0.29, 0.717) is 28.1 Å². The van der Waals surface area contributed by atoms with Gasteiger partial charge in [-0.05, 0) is 39.1 Å². The van der Waals surface area contributed by atoms with Gasteiger partial charge in [0.1, 0.15) is 5.82 Å². The number of methoxy groups -OCH3 is 1. The summed E-state index contributed by atoms with van der Waals surface area (Å²) in [5.41, 5.74) is 4.45. The van der Waals surface area contributed by atoms with Crippen LogP contribution in [0.4, 0.5) is 10.1 Å². The molecular formula is C22H25FN4O2S. The van der Waals surface area contributed by atoms with Crippen LogP contribution in [-0.2, 0) is 11.3 Å². The minimum atomic E-state index is -0.430. The second-order valence-corrected chi connectivity index (χ2v) is 8.10. The van der Waals surface area contributed by atoms with Crippen LogP contribution < -0.4 is 9.64 Å². The molecule has 0 amide bonds. The Morgan fingerprint density at radius 3 is 2.87 bits per heavy atom. The quantitative estimate of drug-likeness (QED) is 0.630. The molecule has 1 aliphatic rings. The van der Waals surface area contributed by atoms with E-state index in [0.717, 1.165) is 24.2 Å². The van der Waals surface area contributed by atoms with E-state index < -0.39 is 5.82 Å². The van der Waals surface area contributed by atoms with Gasteiger partial charge in [0.2, 0.25) is 0 Å². The van der Waals surface area contributed by atoms with Gasteiger partial charge in [-0.3, -0.25) is 0 Å². The van der Waals surface area contributed by atoms with Gasteiger partial charge in [-0.1, -0.05) is 12.1 Å². The van der Waals surface area contributed by atoms with E-state index in [1.54, 1.807) is 11.4 Å². The van der Waals surface area contributed by atoms with Crippen LogP contribution in [0.15, 0.2) is 30.3 Å². The van der Waals surface area contributed by atoms with Gasteiger partial charge >= 0.3 is 0 Å². The monoisotopic (exact) mass is 428 g/mol. The van der Waals surface area contributed by atoms with Gasteiger partial charge in [-0.15, -0.1) is 0 Å². The average Bonchev–Trinajstić information content (AvgIpc) is 3.14. The Hall–Kier alpha value is -2.71. The Morgan fingerprint density at radius 1 is 1.40 bits per heavy atom. The molecule has 0 aliphatic carbocycles. The average molecular weight is 429 g/mol. The lowest BCUT2D eigenvalue weighted by atomic mass is 9.88. The molecular weight excluding hydrogens is 403 g/mol. The highest BCUT2D eigenvalue weighted by Gasteiger charge is 2.34. The topological polar surface area (TPSA) is 61.5 Å². The molecule has 1 N–H and O–H groups in total. The van der Waals surface area contributed by atoms with Crippen molar-refractivity contribution in [3.63, 3.8) is 0 Å². The number of ether oxygens (including phenoxy) is 1. The molecule has 158 valence electrons. The Morgan fingerprint density at radius 2 is 2.20 bits per heavy atom. The van der Waals surface area contributed by atoms with E-state index in [9.17, 15) is 8.60 Å². The molecule has 0 saturated carbocycles. The summed E-state index contributed by atoms with van der Waals surface area (Å²) in [5.74, 6) is 0.404. The van der Waals surface area contributed by atoms with Crippen LogP contribution >= 0.6 is 0 Å². The first-order valence-electron chi connectivity index (χ1n) is 9.90. The van der Waals surface area contributed by atoms with Crippen molar-refractivity contribution >= 4 is 33.3 Å². The van der Waals surface area contributed by atoms with Crippen LogP contribution in [0.2, 0.25) is 0 Å². The van der Waals surface area contributed by atoms with Gasteiger partial charge in [-0.25, -0.2) is 13.6 Å². The summed E-state index contributed by atoms with van der Waals surface area (Å²) in [4.78, 5) is 12.4. The number of anilines is 1. The van der Waals surface area contributed by atoms with Crippen LogP contribution in [0.3, 0.4) is 0 Å². The molecule has 8 heteroatoms. The molecule has 2 unspecified atom stereocenters. The summed E-state index contributed by atoms with van der Waals surface area (Å²) in [7, 11) is 5.55. The van der Waals surface area contributed by atoms with Crippen molar-refractivity contribution in [2.24, 2.45) is 0 Å². The van der Waals surface area contributed by atoms with Gasteiger partial charge in [0, 0.05) is 35.7 Å². The first-order chi connectivity index (χ1) is 14.5. The number of fused-ring (bicyclic) bond motifs is 2. The van der Waals surface area contributed by atoms with Crippen molar-refractivity contribution in [3.05, 3.63) is 41.7 Å². The van der Waals surface area contributed by atoms with E-state index in [2.05, 4.69) is 41.9 Å². The van der Waals surface area contributed by atoms with Crippen LogP contribution in [0, 0.1) is 5.82 Å². The van der Waals surface area contributed by atoms with E-state index >= 15 is 0 Å². The Kier molecular flexibility index (Phi) is 5.62. The molecule has 0 radical (unpaired) electrons. The predicted octanol–water partition coefficient (Wildman–Crippen LogP) is 3.59. The number of hydrogen-bond donors (Lipinski definition) is 1. The normalized spacial score (nSPS) is 18.5. The summed E-state index contributed by atoms with van der Waals surface area (Å²) < 4.78 is 30.6. The number of rotatable bonds is 5. The lowest BCUT2D eigenvalue weighted by Gasteiger charge is -2.43. The second-order valence-electron chi connectivity index (χ2n) is 7.63. The van der Waals surface area contributed by atoms with Crippen molar-refractivity contribution in [3.8, 4) is 17.1 Å². The molecule has 2 aromatic carbocycles. The van der Waals surface area contributed by atoms with Crippen molar-refractivity contribution in [2.75, 3.05) is 32.6 Å². The van der Waals surface area contributed by atoms with E-state index in [-0.39, 0.29) is 17.8 Å². The van der Waals surface area contributed by atoms with Crippen LogP contribution in [-0.4, -0.2) is 58.2 Å². The highest BCUT2D eigenvalue weighted by molar-refractivity contribution is 7.65. The summed E-state index contributed by atoms with van der Waals surface area (Å²) in [6.45, 7) is 2.85. The maximum atomic E-state index is 14.2. The van der Waals surface area contributed by atoms with Gasteiger partial charge in [0.15, 0.2) is 11.6 Å². The number of imidazole rings is 1. The largest absolute Gasteiger partial charge is 0.494 e. The molecule has 1 aliphatic heterocycles. The highest BCUT2D eigenvalue weighted by atomic mass is 32.1. The molecule has 0 saturated heterocycles. The molecule has 0 spiro atoms. The fourth-order valence-electron chi connectivity index (χ4n) is 4.36. The minimum Gasteiger partial charge on any atom is -0.494 e. The van der Waals surface area contributed by atoms with Gasteiger partial charge in [0.05, 0.1) is 41.1 Å². The third-order valence-electron chi connectivity index (χ3n) is 5.77. The standard InChI is InChI=1S/C22H25FN4O2S/c1-5-27-13(12-30-28)9-19(26(2)3)14-7-6-8-15(21(14)27)22-24-17-10-16(23)20(29-4)11-18(17)25-22/h6-8,10-13,19H,5,9H2,1-4H3,(H,24,25). The maximum absolute atomic E-state index is 14.2. The van der Waals surface area contributed by atoms with E-state index in [1.807, 2.05) is 12.1 Å². The molecule has 2 atom stereocenters. The molecule has 2 heterocycles. The Labute approximate surface area is 178 Å². The molecule has 30 heavy (non-hydrogen) atoms. The number of H-pyrrole nitrogens is 1.